The molecule has 0 spiro atoms. The molecular weight excluding hydrogens is 341 g/mol. The highest BCUT2D eigenvalue weighted by atomic mass is 19.1. The molecule has 0 unspecified atom stereocenters. The van der Waals surface area contributed by atoms with Crippen LogP contribution in [0.3, 0.4) is 0 Å². The minimum Gasteiger partial charge on any atom is -0.491 e. The minimum absolute atomic E-state index is 0.0791. The number of benzene rings is 1. The first kappa shape index (κ1) is 18.5. The number of halogens is 3. The van der Waals surface area contributed by atoms with Gasteiger partial charge >= 0.3 is 5.97 Å². The van der Waals surface area contributed by atoms with Crippen molar-refractivity contribution in [3.63, 3.8) is 0 Å². The summed E-state index contributed by atoms with van der Waals surface area (Å²) in [7, 11) is 2.52. The van der Waals surface area contributed by atoms with Crippen molar-refractivity contribution in [2.24, 2.45) is 0 Å². The number of hydrogen-bond donors (Lipinski definition) is 1. The van der Waals surface area contributed by atoms with Gasteiger partial charge in [0.2, 0.25) is 0 Å². The summed E-state index contributed by atoms with van der Waals surface area (Å²) in [6.07, 6.45) is 0. The standard InChI is InChI=1S/C16H15F3N2O4/c1-23-3-4-25-8-5-9(17)13(10(18)6-8)14-11(19)7-12(20)15(21-14)16(22)24-2/h5-7H,3-4,20H2,1-2H3. The molecule has 1 aromatic carbocycles. The Balaban J connectivity index is 2.49. The number of anilines is 1. The van der Waals surface area contributed by atoms with E-state index in [1.165, 1.54) is 7.11 Å². The van der Waals surface area contributed by atoms with Gasteiger partial charge in [-0.15, -0.1) is 0 Å². The third-order valence-corrected chi connectivity index (χ3v) is 3.19. The average molecular weight is 356 g/mol. The van der Waals surface area contributed by atoms with Crippen LogP contribution in [0.25, 0.3) is 11.3 Å². The lowest BCUT2D eigenvalue weighted by molar-refractivity contribution is 0.0595. The van der Waals surface area contributed by atoms with Gasteiger partial charge in [-0.2, -0.15) is 0 Å². The fourth-order valence-electron chi connectivity index (χ4n) is 2.04. The normalized spacial score (nSPS) is 10.6. The molecule has 9 heteroatoms. The maximum atomic E-state index is 14.3. The van der Waals surface area contributed by atoms with E-state index in [9.17, 15) is 18.0 Å². The molecule has 0 aliphatic heterocycles. The molecule has 0 saturated carbocycles. The van der Waals surface area contributed by atoms with Gasteiger partial charge in [-0.3, -0.25) is 0 Å². The van der Waals surface area contributed by atoms with E-state index in [-0.39, 0.29) is 24.7 Å². The fraction of sp³-hybridized carbons (Fsp3) is 0.250. The Morgan fingerprint density at radius 3 is 2.28 bits per heavy atom. The zero-order valence-corrected chi connectivity index (χ0v) is 13.4. The zero-order chi connectivity index (χ0) is 18.6. The molecule has 1 aromatic heterocycles. The Morgan fingerprint density at radius 2 is 1.72 bits per heavy atom. The van der Waals surface area contributed by atoms with Gasteiger partial charge in [0.05, 0.1) is 25.0 Å². The number of pyridine rings is 1. The molecule has 25 heavy (non-hydrogen) atoms. The van der Waals surface area contributed by atoms with Gasteiger partial charge in [0.1, 0.15) is 29.7 Å². The van der Waals surface area contributed by atoms with Gasteiger partial charge in [-0.25, -0.2) is 22.9 Å². The molecule has 6 nitrogen and oxygen atoms in total. The summed E-state index contributed by atoms with van der Waals surface area (Å²) in [4.78, 5) is 15.2. The first-order valence-electron chi connectivity index (χ1n) is 7.04. The quantitative estimate of drug-likeness (QED) is 0.633. The fourth-order valence-corrected chi connectivity index (χ4v) is 2.04. The van der Waals surface area contributed by atoms with Crippen LogP contribution in [0.4, 0.5) is 18.9 Å². The Bertz CT molecular complexity index is 776. The van der Waals surface area contributed by atoms with E-state index in [4.69, 9.17) is 15.2 Å². The number of esters is 1. The largest absolute Gasteiger partial charge is 0.491 e. The molecule has 1 heterocycles. The highest BCUT2D eigenvalue weighted by molar-refractivity contribution is 5.93. The lowest BCUT2D eigenvalue weighted by Gasteiger charge is -2.12. The molecule has 0 aliphatic carbocycles. The molecular formula is C16H15F3N2O4. The van der Waals surface area contributed by atoms with Gasteiger partial charge in [-0.1, -0.05) is 0 Å². The minimum atomic E-state index is -1.11. The SMILES string of the molecule is COCCOc1cc(F)c(-c2nc(C(=O)OC)c(N)cc2F)c(F)c1. The summed E-state index contributed by atoms with van der Waals surface area (Å²) in [6.45, 7) is 0.303. The third-order valence-electron chi connectivity index (χ3n) is 3.19. The first-order valence-corrected chi connectivity index (χ1v) is 7.04. The molecule has 2 aromatic rings. The summed E-state index contributed by atoms with van der Waals surface area (Å²) < 4.78 is 57.0. The van der Waals surface area contributed by atoms with E-state index in [2.05, 4.69) is 9.72 Å². The van der Waals surface area contributed by atoms with Crippen molar-refractivity contribution < 1.29 is 32.2 Å². The number of aromatic nitrogens is 1. The molecule has 0 bridgehead atoms. The molecule has 0 saturated heterocycles. The van der Waals surface area contributed by atoms with Crippen molar-refractivity contribution >= 4 is 11.7 Å². The smallest absolute Gasteiger partial charge is 0.358 e. The lowest BCUT2D eigenvalue weighted by atomic mass is 10.1. The number of ether oxygens (including phenoxy) is 3. The number of hydrogen-bond acceptors (Lipinski definition) is 6. The summed E-state index contributed by atoms with van der Waals surface area (Å²) >= 11 is 0. The Kier molecular flexibility index (Phi) is 5.81. The van der Waals surface area contributed by atoms with Crippen LogP contribution in [0.2, 0.25) is 0 Å². The second-order valence-corrected chi connectivity index (χ2v) is 4.85. The van der Waals surface area contributed by atoms with Crippen molar-refractivity contribution in [1.29, 1.82) is 0 Å². The summed E-state index contributed by atoms with van der Waals surface area (Å²) in [5, 5.41) is 0. The van der Waals surface area contributed by atoms with Crippen molar-refractivity contribution in [1.82, 2.24) is 4.98 Å². The summed E-state index contributed by atoms with van der Waals surface area (Å²) in [5.74, 6) is -4.37. The number of carbonyl (C=O) groups is 1. The maximum Gasteiger partial charge on any atom is 0.358 e. The molecule has 2 N–H and O–H groups in total. The molecule has 0 aliphatic rings. The van der Waals surface area contributed by atoms with Crippen LogP contribution in [0, 0.1) is 17.5 Å². The van der Waals surface area contributed by atoms with Crippen molar-refractivity contribution in [3.05, 3.63) is 41.3 Å². The van der Waals surface area contributed by atoms with Crippen LogP contribution in [-0.2, 0) is 9.47 Å². The van der Waals surface area contributed by atoms with E-state index in [1.807, 2.05) is 0 Å². The van der Waals surface area contributed by atoms with Crippen LogP contribution < -0.4 is 10.5 Å². The molecule has 0 fully saturated rings. The van der Waals surface area contributed by atoms with Crippen LogP contribution in [0.5, 0.6) is 5.75 Å². The van der Waals surface area contributed by atoms with Crippen molar-refractivity contribution in [3.8, 4) is 17.0 Å². The maximum absolute atomic E-state index is 14.3. The van der Waals surface area contributed by atoms with E-state index in [0.29, 0.717) is 0 Å². The van der Waals surface area contributed by atoms with Crippen LogP contribution in [0.15, 0.2) is 18.2 Å². The van der Waals surface area contributed by atoms with E-state index >= 15 is 0 Å². The van der Waals surface area contributed by atoms with E-state index < -0.39 is 40.4 Å². The monoisotopic (exact) mass is 356 g/mol. The van der Waals surface area contributed by atoms with E-state index in [1.54, 1.807) is 0 Å². The second-order valence-electron chi connectivity index (χ2n) is 4.85. The summed E-state index contributed by atoms with van der Waals surface area (Å²) in [5.41, 5.74) is 3.28. The number of nitrogen functional groups attached to an aromatic ring is 1. The third kappa shape index (κ3) is 4.00. The van der Waals surface area contributed by atoms with Crippen molar-refractivity contribution in [2.75, 3.05) is 33.2 Å². The highest BCUT2D eigenvalue weighted by Crippen LogP contribution is 2.31. The Hall–Kier alpha value is -2.81. The van der Waals surface area contributed by atoms with Gasteiger partial charge in [0.15, 0.2) is 11.5 Å². The molecule has 0 amide bonds. The number of methoxy groups -OCH3 is 2. The lowest BCUT2D eigenvalue weighted by Crippen LogP contribution is -2.11. The Labute approximate surface area is 141 Å². The predicted molar refractivity (Wildman–Crippen MR) is 82.7 cm³/mol. The molecule has 0 radical (unpaired) electrons. The van der Waals surface area contributed by atoms with Crippen LogP contribution in [0.1, 0.15) is 10.5 Å². The summed E-state index contributed by atoms with van der Waals surface area (Å²) in [6, 6.07) is 2.50. The zero-order valence-electron chi connectivity index (χ0n) is 13.4. The topological polar surface area (TPSA) is 83.7 Å². The Morgan fingerprint density at radius 1 is 1.08 bits per heavy atom. The van der Waals surface area contributed by atoms with Crippen LogP contribution >= 0.6 is 0 Å². The van der Waals surface area contributed by atoms with Gasteiger partial charge in [-0.05, 0) is 0 Å². The molecule has 134 valence electrons. The number of rotatable bonds is 6. The predicted octanol–water partition coefficient (Wildman–Crippen LogP) is 2.56. The molecule has 0 atom stereocenters. The van der Waals surface area contributed by atoms with Crippen molar-refractivity contribution in [2.45, 2.75) is 0 Å². The van der Waals surface area contributed by atoms with Gasteiger partial charge < -0.3 is 19.9 Å². The molecule has 2 rings (SSSR count). The first-order chi connectivity index (χ1) is 11.9. The number of nitrogens with zero attached hydrogens (tertiary/aromatic N) is 1. The van der Waals surface area contributed by atoms with E-state index in [0.717, 1.165) is 25.3 Å². The average Bonchev–Trinajstić information content (AvgIpc) is 2.55. The van der Waals surface area contributed by atoms with Crippen LogP contribution in [-0.4, -0.2) is 38.4 Å². The number of carbonyl (C=O) groups excluding carboxylic acids is 1. The number of nitrogens with two attached hydrogens (primary N) is 1. The van der Waals surface area contributed by atoms with Gasteiger partial charge in [0.25, 0.3) is 0 Å². The van der Waals surface area contributed by atoms with Gasteiger partial charge in [0, 0.05) is 25.3 Å². The second kappa shape index (κ2) is 7.84. The highest BCUT2D eigenvalue weighted by Gasteiger charge is 2.23.